The van der Waals surface area contributed by atoms with Gasteiger partial charge < -0.3 is 14.7 Å². The molecule has 2 unspecified atom stereocenters. The first-order valence-corrected chi connectivity index (χ1v) is 7.82. The summed E-state index contributed by atoms with van der Waals surface area (Å²) in [6, 6.07) is 4.63. The topological polar surface area (TPSA) is 111 Å². The summed E-state index contributed by atoms with van der Waals surface area (Å²) in [7, 11) is 1.46. The van der Waals surface area contributed by atoms with Gasteiger partial charge in [-0.15, -0.1) is 0 Å². The second-order valence-corrected chi connectivity index (χ2v) is 5.94. The number of benzene rings is 1. The third kappa shape index (κ3) is 2.84. The molecule has 1 aromatic rings. The highest BCUT2D eigenvalue weighted by Gasteiger charge is 2.55. The van der Waals surface area contributed by atoms with Gasteiger partial charge in [0, 0.05) is 12.6 Å². The molecule has 8 nitrogen and oxygen atoms in total. The molecular weight excluding hydrogens is 326 g/mol. The zero-order valence-electron chi connectivity index (χ0n) is 14.6. The van der Waals surface area contributed by atoms with E-state index in [9.17, 15) is 14.4 Å². The van der Waals surface area contributed by atoms with Crippen molar-refractivity contribution in [3.8, 4) is 0 Å². The Morgan fingerprint density at radius 1 is 1.32 bits per heavy atom. The smallest absolute Gasteiger partial charge is 0.328 e. The second-order valence-electron chi connectivity index (χ2n) is 5.94. The molecule has 1 fully saturated rings. The van der Waals surface area contributed by atoms with E-state index in [0.717, 1.165) is 4.90 Å². The molecule has 0 aromatic heterocycles. The van der Waals surface area contributed by atoms with Gasteiger partial charge in [0.25, 0.3) is 5.91 Å². The Kier molecular flexibility index (Phi) is 4.82. The largest absolute Gasteiger partial charge is 0.480 e. The van der Waals surface area contributed by atoms with Gasteiger partial charge in [0.05, 0.1) is 6.61 Å². The lowest BCUT2D eigenvalue weighted by atomic mass is 9.90. The molecular formula is C17H21N3O5. The van der Waals surface area contributed by atoms with Gasteiger partial charge in [-0.1, -0.05) is 12.1 Å². The number of nitrogens with one attached hydrogen (secondary N) is 1. The van der Waals surface area contributed by atoms with Crippen LogP contribution in [0.5, 0.6) is 0 Å². The number of likely N-dealkylation sites (N-methyl/N-ethyl adjacent to an activating group) is 1. The van der Waals surface area contributed by atoms with E-state index in [2.05, 4.69) is 0 Å². The quantitative estimate of drug-likeness (QED) is 0.478. The van der Waals surface area contributed by atoms with E-state index < -0.39 is 29.5 Å². The number of ether oxygens (including phenoxy) is 1. The van der Waals surface area contributed by atoms with Crippen LogP contribution in [0.4, 0.5) is 4.79 Å². The molecule has 0 aliphatic carbocycles. The van der Waals surface area contributed by atoms with Crippen LogP contribution >= 0.6 is 0 Å². The highest BCUT2D eigenvalue weighted by molar-refractivity contribution is 6.09. The lowest BCUT2D eigenvalue weighted by molar-refractivity contribution is -0.147. The molecule has 2 N–H and O–H groups in total. The number of hydrogen-bond acceptors (Lipinski definition) is 5. The molecule has 1 aliphatic rings. The fraction of sp³-hybridized carbons (Fsp3) is 0.412. The summed E-state index contributed by atoms with van der Waals surface area (Å²) < 4.78 is 5.13. The highest BCUT2D eigenvalue weighted by atomic mass is 16.5. The summed E-state index contributed by atoms with van der Waals surface area (Å²) >= 11 is 0. The van der Waals surface area contributed by atoms with Gasteiger partial charge in [-0.3, -0.25) is 10.2 Å². The number of aliphatic carboxylic acids is 1. The van der Waals surface area contributed by atoms with Crippen LogP contribution in [0.2, 0.25) is 0 Å². The van der Waals surface area contributed by atoms with E-state index >= 15 is 0 Å². The molecule has 2 atom stereocenters. The first-order chi connectivity index (χ1) is 11.7. The van der Waals surface area contributed by atoms with Crippen LogP contribution in [0.15, 0.2) is 24.3 Å². The predicted octanol–water partition coefficient (Wildman–Crippen LogP) is 1.63. The number of nitrogens with zero attached hydrogens (tertiary/aromatic N) is 2. The van der Waals surface area contributed by atoms with Gasteiger partial charge in [0.15, 0.2) is 0 Å². The fourth-order valence-corrected chi connectivity index (χ4v) is 2.76. The van der Waals surface area contributed by atoms with Crippen LogP contribution in [-0.2, 0) is 19.9 Å². The number of imide groups is 1. The van der Waals surface area contributed by atoms with Crippen molar-refractivity contribution in [1.29, 1.82) is 5.41 Å². The summed E-state index contributed by atoms with van der Waals surface area (Å²) in [5, 5.41) is 16.9. The third-order valence-corrected chi connectivity index (χ3v) is 4.54. The zero-order valence-corrected chi connectivity index (χ0v) is 14.6. The number of carbonyl (C=O) groups is 3. The van der Waals surface area contributed by atoms with Crippen LogP contribution in [0.1, 0.15) is 31.9 Å². The van der Waals surface area contributed by atoms with E-state index in [1.54, 1.807) is 38.1 Å². The Hall–Kier alpha value is -2.90. The fourth-order valence-electron chi connectivity index (χ4n) is 2.76. The molecule has 1 aromatic carbocycles. The average Bonchev–Trinajstić information content (AvgIpc) is 2.76. The molecule has 134 valence electrons. The molecule has 0 saturated carbocycles. The number of urea groups is 1. The maximum Gasteiger partial charge on any atom is 0.328 e. The SMILES string of the molecule is CCOC(=N)c1ccc(C2(C)C(=O)N(C(C)C(=O)O)C(=O)N2C)cc1. The summed E-state index contributed by atoms with van der Waals surface area (Å²) in [5.74, 6) is -1.83. The maximum atomic E-state index is 12.8. The van der Waals surface area contributed by atoms with Gasteiger partial charge >= 0.3 is 12.0 Å². The van der Waals surface area contributed by atoms with Gasteiger partial charge in [-0.05, 0) is 38.5 Å². The minimum Gasteiger partial charge on any atom is -0.480 e. The lowest BCUT2D eigenvalue weighted by Crippen LogP contribution is -2.45. The third-order valence-electron chi connectivity index (χ3n) is 4.54. The van der Waals surface area contributed by atoms with Crippen molar-refractivity contribution in [1.82, 2.24) is 9.80 Å². The van der Waals surface area contributed by atoms with Crippen molar-refractivity contribution >= 4 is 23.8 Å². The Bertz CT molecular complexity index is 730. The zero-order chi connectivity index (χ0) is 18.9. The Balaban J connectivity index is 2.40. The van der Waals surface area contributed by atoms with Crippen molar-refractivity contribution in [3.05, 3.63) is 35.4 Å². The molecule has 0 bridgehead atoms. The second kappa shape index (κ2) is 6.54. The van der Waals surface area contributed by atoms with E-state index in [0.29, 0.717) is 17.7 Å². The van der Waals surface area contributed by atoms with Crippen molar-refractivity contribution in [2.24, 2.45) is 0 Å². The summed E-state index contributed by atoms with van der Waals surface area (Å²) in [6.45, 7) is 5.02. The molecule has 1 saturated heterocycles. The monoisotopic (exact) mass is 347 g/mol. The summed E-state index contributed by atoms with van der Waals surface area (Å²) in [4.78, 5) is 38.5. The molecule has 0 radical (unpaired) electrons. The standard InChI is InChI=1S/C17H21N3O5/c1-5-25-13(18)11-6-8-12(9-7-11)17(3)15(23)20(10(2)14(21)22)16(24)19(17)4/h6-10,18H,5H2,1-4H3,(H,21,22). The molecule has 0 spiro atoms. The molecule has 25 heavy (non-hydrogen) atoms. The maximum absolute atomic E-state index is 12.8. The van der Waals surface area contributed by atoms with Crippen molar-refractivity contribution < 1.29 is 24.2 Å². The number of carboxylic acids is 1. The van der Waals surface area contributed by atoms with Crippen LogP contribution < -0.4 is 0 Å². The predicted molar refractivity (Wildman–Crippen MR) is 89.4 cm³/mol. The molecule has 3 amide bonds. The number of carboxylic acid groups (broad SMARTS) is 1. The van der Waals surface area contributed by atoms with Crippen LogP contribution in [0, 0.1) is 5.41 Å². The van der Waals surface area contributed by atoms with Crippen LogP contribution in [0.25, 0.3) is 0 Å². The van der Waals surface area contributed by atoms with Gasteiger partial charge in [-0.25, -0.2) is 14.5 Å². The molecule has 1 aliphatic heterocycles. The van der Waals surface area contributed by atoms with Gasteiger partial charge in [0.1, 0.15) is 11.6 Å². The first-order valence-electron chi connectivity index (χ1n) is 7.82. The molecule has 1 heterocycles. The Morgan fingerprint density at radius 3 is 2.36 bits per heavy atom. The normalized spacial score (nSPS) is 21.4. The lowest BCUT2D eigenvalue weighted by Gasteiger charge is -2.29. The summed E-state index contributed by atoms with van der Waals surface area (Å²) in [5.41, 5.74) is -0.237. The van der Waals surface area contributed by atoms with Crippen molar-refractivity contribution in [2.45, 2.75) is 32.4 Å². The average molecular weight is 347 g/mol. The summed E-state index contributed by atoms with van der Waals surface area (Å²) in [6.07, 6.45) is 0. The van der Waals surface area contributed by atoms with Crippen molar-refractivity contribution in [2.75, 3.05) is 13.7 Å². The van der Waals surface area contributed by atoms with E-state index in [1.165, 1.54) is 18.9 Å². The van der Waals surface area contributed by atoms with E-state index in [4.69, 9.17) is 15.3 Å². The van der Waals surface area contributed by atoms with Crippen molar-refractivity contribution in [3.63, 3.8) is 0 Å². The van der Waals surface area contributed by atoms with Gasteiger partial charge in [-0.2, -0.15) is 0 Å². The number of amides is 3. The van der Waals surface area contributed by atoms with Crippen LogP contribution in [-0.4, -0.2) is 58.4 Å². The van der Waals surface area contributed by atoms with E-state index in [-0.39, 0.29) is 5.90 Å². The Morgan fingerprint density at radius 2 is 1.88 bits per heavy atom. The van der Waals surface area contributed by atoms with Gasteiger partial charge in [0.2, 0.25) is 5.90 Å². The minimum absolute atomic E-state index is 0.0162. The van der Waals surface area contributed by atoms with Crippen LogP contribution in [0.3, 0.4) is 0 Å². The Labute approximate surface area is 145 Å². The van der Waals surface area contributed by atoms with E-state index in [1.807, 2.05) is 0 Å². The molecule has 2 rings (SSSR count). The highest BCUT2D eigenvalue weighted by Crippen LogP contribution is 2.37. The number of rotatable bonds is 5. The number of carbonyl (C=O) groups excluding carboxylic acids is 2. The molecule has 8 heteroatoms. The first kappa shape index (κ1) is 18.4. The minimum atomic E-state index is -1.31. The number of hydrogen-bond donors (Lipinski definition) is 2.